The predicted octanol–water partition coefficient (Wildman–Crippen LogP) is 4.82. The Labute approximate surface area is 177 Å². The first-order chi connectivity index (χ1) is 14.5. The van der Waals surface area contributed by atoms with Gasteiger partial charge in [-0.25, -0.2) is 4.39 Å². The predicted molar refractivity (Wildman–Crippen MR) is 117 cm³/mol. The van der Waals surface area contributed by atoms with E-state index in [0.29, 0.717) is 17.5 Å². The molecule has 2 aromatic carbocycles. The number of carbonyl (C=O) groups excluding carboxylic acids is 1. The van der Waals surface area contributed by atoms with Crippen LogP contribution in [0.15, 0.2) is 64.2 Å². The highest BCUT2D eigenvalue weighted by atomic mass is 32.2. The number of halogens is 1. The van der Waals surface area contributed by atoms with E-state index in [1.54, 1.807) is 42.5 Å². The third-order valence-electron chi connectivity index (χ3n) is 4.47. The maximum absolute atomic E-state index is 13.0. The van der Waals surface area contributed by atoms with Gasteiger partial charge in [-0.2, -0.15) is 15.1 Å². The number of amides is 1. The summed E-state index contributed by atoms with van der Waals surface area (Å²) >= 11 is 1.34. The molecule has 4 rings (SSSR count). The minimum atomic E-state index is -0.441. The van der Waals surface area contributed by atoms with Gasteiger partial charge in [0, 0.05) is 0 Å². The van der Waals surface area contributed by atoms with E-state index in [0.717, 1.165) is 29.0 Å². The van der Waals surface area contributed by atoms with Crippen molar-refractivity contribution in [3.63, 3.8) is 0 Å². The van der Waals surface area contributed by atoms with E-state index in [1.807, 2.05) is 0 Å². The first-order valence-electron chi connectivity index (χ1n) is 9.50. The number of hydrazone groups is 1. The molecule has 8 heteroatoms. The van der Waals surface area contributed by atoms with E-state index in [9.17, 15) is 9.18 Å². The quantitative estimate of drug-likeness (QED) is 0.677. The van der Waals surface area contributed by atoms with Crippen LogP contribution in [0.3, 0.4) is 0 Å². The summed E-state index contributed by atoms with van der Waals surface area (Å²) in [6.07, 6.45) is 3.36. The van der Waals surface area contributed by atoms with Crippen LogP contribution in [0.1, 0.15) is 30.9 Å². The van der Waals surface area contributed by atoms with Crippen LogP contribution in [0.4, 0.5) is 4.39 Å². The zero-order valence-electron chi connectivity index (χ0n) is 16.3. The van der Waals surface area contributed by atoms with Crippen molar-refractivity contribution in [2.24, 2.45) is 10.1 Å². The van der Waals surface area contributed by atoms with Crippen molar-refractivity contribution in [2.45, 2.75) is 26.4 Å². The number of thioether (sulfide) groups is 1. The Bertz CT molecular complexity index is 1080. The molecule has 6 nitrogen and oxygen atoms in total. The molecule has 0 unspecified atom stereocenters. The first kappa shape index (κ1) is 20.0. The average Bonchev–Trinajstić information content (AvgIpc) is 3.14. The van der Waals surface area contributed by atoms with Crippen molar-refractivity contribution >= 4 is 39.8 Å². The number of amidine groups is 2. The number of carbonyl (C=O) groups is 1. The molecule has 2 aromatic rings. The van der Waals surface area contributed by atoms with Crippen LogP contribution >= 0.6 is 11.8 Å². The number of nitrogens with zero attached hydrogens (tertiary/aromatic N) is 3. The molecule has 0 bridgehead atoms. The number of nitrogens with one attached hydrogen (secondary N) is 1. The van der Waals surface area contributed by atoms with Crippen LogP contribution in [0.25, 0.3) is 6.08 Å². The molecule has 1 N–H and O–H groups in total. The van der Waals surface area contributed by atoms with Crippen LogP contribution in [0, 0.1) is 11.2 Å². The van der Waals surface area contributed by atoms with Gasteiger partial charge in [0.1, 0.15) is 23.2 Å². The van der Waals surface area contributed by atoms with Gasteiger partial charge >= 0.3 is 0 Å². The second kappa shape index (κ2) is 8.62. The lowest BCUT2D eigenvalue weighted by molar-refractivity contribution is -0.114. The fourth-order valence-electron chi connectivity index (χ4n) is 2.92. The van der Waals surface area contributed by atoms with Crippen LogP contribution < -0.4 is 4.74 Å². The van der Waals surface area contributed by atoms with Gasteiger partial charge in [0.15, 0.2) is 5.84 Å². The van der Waals surface area contributed by atoms with Crippen LogP contribution in [0.5, 0.6) is 5.75 Å². The zero-order chi connectivity index (χ0) is 21.1. The lowest BCUT2D eigenvalue weighted by Crippen LogP contribution is -2.35. The highest BCUT2D eigenvalue weighted by Crippen LogP contribution is 2.29. The molecular formula is C22H19FN4O2S. The number of benzene rings is 2. The van der Waals surface area contributed by atoms with Gasteiger partial charge in [-0.1, -0.05) is 31.2 Å². The third-order valence-corrected chi connectivity index (χ3v) is 5.44. The third kappa shape index (κ3) is 4.33. The van der Waals surface area contributed by atoms with Crippen molar-refractivity contribution in [3.8, 4) is 5.75 Å². The minimum Gasteiger partial charge on any atom is -0.489 e. The van der Waals surface area contributed by atoms with E-state index in [1.165, 1.54) is 28.9 Å². The second-order valence-corrected chi connectivity index (χ2v) is 7.79. The van der Waals surface area contributed by atoms with E-state index < -0.39 is 5.91 Å². The Balaban J connectivity index is 1.46. The molecule has 0 aliphatic carbocycles. The number of hydrogen-bond donors (Lipinski definition) is 1. The molecular weight excluding hydrogens is 403 g/mol. The topological polar surface area (TPSA) is 78.1 Å². The van der Waals surface area contributed by atoms with Crippen LogP contribution in [0.2, 0.25) is 0 Å². The Morgan fingerprint density at radius 1 is 1.17 bits per heavy atom. The Morgan fingerprint density at radius 3 is 2.60 bits per heavy atom. The SMILES string of the molecule is CCCC1=NN2C(=N)/C(=C/c3ccc(OCc4ccc(F)cc4)cc3)C(=O)N=C2S1. The largest absolute Gasteiger partial charge is 0.489 e. The fraction of sp³-hybridized carbons (Fsp3) is 0.182. The second-order valence-electron chi connectivity index (χ2n) is 6.75. The van der Waals surface area contributed by atoms with Crippen molar-refractivity contribution in [2.75, 3.05) is 0 Å². The van der Waals surface area contributed by atoms with Gasteiger partial charge in [0.05, 0.1) is 5.57 Å². The molecule has 0 saturated heterocycles. The molecule has 0 saturated carbocycles. The number of ether oxygens (including phenoxy) is 1. The van der Waals surface area contributed by atoms with Gasteiger partial charge in [0.25, 0.3) is 5.91 Å². The Hall–Kier alpha value is -3.26. The molecule has 152 valence electrons. The summed E-state index contributed by atoms with van der Waals surface area (Å²) < 4.78 is 18.7. The molecule has 0 radical (unpaired) electrons. The maximum atomic E-state index is 13.0. The van der Waals surface area contributed by atoms with E-state index in [2.05, 4.69) is 17.0 Å². The number of fused-ring (bicyclic) bond motifs is 1. The Morgan fingerprint density at radius 2 is 1.90 bits per heavy atom. The molecule has 30 heavy (non-hydrogen) atoms. The maximum Gasteiger partial charge on any atom is 0.283 e. The highest BCUT2D eigenvalue weighted by Gasteiger charge is 2.35. The van der Waals surface area contributed by atoms with Crippen molar-refractivity contribution in [3.05, 3.63) is 71.0 Å². The summed E-state index contributed by atoms with van der Waals surface area (Å²) in [6.45, 7) is 2.38. The van der Waals surface area contributed by atoms with Gasteiger partial charge < -0.3 is 4.74 Å². The van der Waals surface area contributed by atoms with Gasteiger partial charge in [-0.3, -0.25) is 10.2 Å². The lowest BCUT2D eigenvalue weighted by Gasteiger charge is -2.20. The molecule has 0 aromatic heterocycles. The molecule has 0 atom stereocenters. The van der Waals surface area contributed by atoms with Gasteiger partial charge in [-0.05, 0) is 66.1 Å². The van der Waals surface area contributed by atoms with Crippen molar-refractivity contribution < 1.29 is 13.9 Å². The molecule has 0 spiro atoms. The van der Waals surface area contributed by atoms with Gasteiger partial charge in [0.2, 0.25) is 5.17 Å². The minimum absolute atomic E-state index is 0.0280. The van der Waals surface area contributed by atoms with Gasteiger partial charge in [-0.15, -0.1) is 0 Å². The van der Waals surface area contributed by atoms with Crippen molar-refractivity contribution in [1.29, 1.82) is 5.41 Å². The summed E-state index contributed by atoms with van der Waals surface area (Å²) in [6, 6.07) is 13.3. The molecule has 2 heterocycles. The normalized spacial score (nSPS) is 17.1. The highest BCUT2D eigenvalue weighted by molar-refractivity contribution is 8.26. The number of hydrogen-bond acceptors (Lipinski definition) is 5. The molecule has 2 aliphatic rings. The van der Waals surface area contributed by atoms with Crippen LogP contribution in [-0.2, 0) is 11.4 Å². The number of aliphatic imine (C=N–C) groups is 1. The fourth-order valence-corrected chi connectivity index (χ4v) is 3.91. The van der Waals surface area contributed by atoms with Crippen molar-refractivity contribution in [1.82, 2.24) is 5.01 Å². The summed E-state index contributed by atoms with van der Waals surface area (Å²) in [5.74, 6) is -0.0459. The summed E-state index contributed by atoms with van der Waals surface area (Å²) in [5.41, 5.74) is 1.81. The lowest BCUT2D eigenvalue weighted by atomic mass is 10.1. The molecule has 1 amide bonds. The monoisotopic (exact) mass is 422 g/mol. The summed E-state index contributed by atoms with van der Waals surface area (Å²) in [7, 11) is 0. The zero-order valence-corrected chi connectivity index (χ0v) is 17.1. The standard InChI is InChI=1S/C22H19FN4O2S/c1-2-3-19-26-27-20(24)18(21(28)25-22(27)30-19)12-14-6-10-17(11-7-14)29-13-15-4-8-16(23)9-5-15/h4-12,24H,2-3,13H2,1H3/b18-12-,24-20?. The smallest absolute Gasteiger partial charge is 0.283 e. The van der Waals surface area contributed by atoms with Crippen LogP contribution in [-0.4, -0.2) is 27.0 Å². The number of rotatable bonds is 6. The molecule has 2 aliphatic heterocycles. The summed E-state index contributed by atoms with van der Waals surface area (Å²) in [5, 5.41) is 15.5. The van der Waals surface area contributed by atoms with E-state index in [-0.39, 0.29) is 17.2 Å². The first-order valence-corrected chi connectivity index (χ1v) is 10.3. The average molecular weight is 422 g/mol. The van der Waals surface area contributed by atoms with E-state index in [4.69, 9.17) is 10.1 Å². The Kier molecular flexibility index (Phi) is 5.76. The molecule has 0 fully saturated rings. The summed E-state index contributed by atoms with van der Waals surface area (Å²) in [4.78, 5) is 16.5. The van der Waals surface area contributed by atoms with E-state index >= 15 is 0 Å².